The molecule has 0 spiro atoms. The van der Waals surface area contributed by atoms with Crippen molar-refractivity contribution in [2.24, 2.45) is 5.92 Å². The molecule has 8 nitrogen and oxygen atoms in total. The second-order valence-corrected chi connectivity index (χ2v) is 9.64. The molecule has 1 fully saturated rings. The van der Waals surface area contributed by atoms with Crippen molar-refractivity contribution < 1.29 is 33.4 Å². The molecule has 2 amide bonds. The Morgan fingerprint density at radius 1 is 1.17 bits per heavy atom. The molecule has 1 aliphatic heterocycles. The summed E-state index contributed by atoms with van der Waals surface area (Å²) in [7, 11) is 0. The Balaban J connectivity index is 1.77. The number of carbonyl (C=O) groups excluding carboxylic acids is 3. The van der Waals surface area contributed by atoms with Crippen molar-refractivity contribution in [2.75, 3.05) is 6.61 Å². The highest BCUT2D eigenvalue weighted by Crippen LogP contribution is 2.38. The van der Waals surface area contributed by atoms with E-state index >= 15 is 0 Å². The van der Waals surface area contributed by atoms with Crippen molar-refractivity contribution in [1.29, 1.82) is 0 Å². The Labute approximate surface area is 213 Å². The van der Waals surface area contributed by atoms with Gasteiger partial charge in [-0.25, -0.2) is 9.69 Å². The molecule has 1 aromatic heterocycles. The van der Waals surface area contributed by atoms with Gasteiger partial charge in [-0.1, -0.05) is 43.2 Å². The molecule has 3 rings (SSSR count). The van der Waals surface area contributed by atoms with Crippen LogP contribution in [0, 0.1) is 5.92 Å². The molecule has 2 heterocycles. The van der Waals surface area contributed by atoms with Crippen LogP contribution in [0.5, 0.6) is 0 Å². The number of unbranched alkanes of at least 4 members (excludes halogenated alkanes) is 3. The molecule has 0 bridgehead atoms. The number of aliphatic hydroxyl groups excluding tert-OH is 1. The largest absolute Gasteiger partial charge is 0.461 e. The van der Waals surface area contributed by atoms with E-state index in [2.05, 4.69) is 15.9 Å². The van der Waals surface area contributed by atoms with E-state index in [4.69, 9.17) is 19.0 Å². The number of furan rings is 1. The van der Waals surface area contributed by atoms with E-state index in [9.17, 15) is 14.4 Å². The summed E-state index contributed by atoms with van der Waals surface area (Å²) in [6.07, 6.45) is 1.86. The number of aliphatic hydroxyl groups is 1. The molecule has 0 saturated carbocycles. The lowest BCUT2D eigenvalue weighted by atomic mass is 9.98. The molecule has 0 aliphatic carbocycles. The van der Waals surface area contributed by atoms with Gasteiger partial charge in [-0.2, -0.15) is 0 Å². The van der Waals surface area contributed by atoms with Crippen molar-refractivity contribution >= 4 is 33.9 Å². The highest BCUT2D eigenvalue weighted by molar-refractivity contribution is 9.10. The highest BCUT2D eigenvalue weighted by Gasteiger charge is 2.46. The molecule has 9 heteroatoms. The molecular formula is C26H32BrNO7. The maximum atomic E-state index is 13.5. The molecule has 190 valence electrons. The maximum absolute atomic E-state index is 13.5. The number of benzene rings is 1. The van der Waals surface area contributed by atoms with Gasteiger partial charge in [-0.05, 0) is 54.2 Å². The van der Waals surface area contributed by atoms with Gasteiger partial charge in [0, 0.05) is 20.0 Å². The number of cyclic esters (lactones) is 1. The fourth-order valence-electron chi connectivity index (χ4n) is 4.27. The number of carbonyl (C=O) groups is 3. The minimum absolute atomic E-state index is 0.180. The molecule has 2 aromatic rings. The number of halogens is 1. The van der Waals surface area contributed by atoms with Crippen LogP contribution in [0.1, 0.15) is 75.7 Å². The molecule has 0 unspecified atom stereocenters. The van der Waals surface area contributed by atoms with E-state index in [1.54, 1.807) is 19.9 Å². The van der Waals surface area contributed by atoms with Gasteiger partial charge >= 0.3 is 12.1 Å². The topological polar surface area (TPSA) is 106 Å². The number of imide groups is 1. The molecule has 1 N–H and O–H groups in total. The molecule has 0 radical (unpaired) electrons. The summed E-state index contributed by atoms with van der Waals surface area (Å²) < 4.78 is 17.8. The lowest BCUT2D eigenvalue weighted by molar-refractivity contribution is -0.154. The van der Waals surface area contributed by atoms with Crippen molar-refractivity contribution in [2.45, 2.75) is 71.1 Å². The normalized spacial score (nSPS) is 19.3. The van der Waals surface area contributed by atoms with Crippen molar-refractivity contribution in [3.8, 4) is 0 Å². The number of nitrogens with zero attached hydrogens (tertiary/aromatic N) is 1. The third-order valence-corrected chi connectivity index (χ3v) is 6.81. The van der Waals surface area contributed by atoms with E-state index in [-0.39, 0.29) is 6.61 Å². The summed E-state index contributed by atoms with van der Waals surface area (Å²) >= 11 is 3.50. The van der Waals surface area contributed by atoms with Gasteiger partial charge in [0.25, 0.3) is 0 Å². The smallest absolute Gasteiger partial charge is 0.417 e. The fourth-order valence-corrected chi connectivity index (χ4v) is 4.77. The number of ether oxygens (including phenoxy) is 2. The van der Waals surface area contributed by atoms with E-state index < -0.39 is 42.1 Å². The zero-order chi connectivity index (χ0) is 25.5. The predicted octanol–water partition coefficient (Wildman–Crippen LogP) is 5.49. The molecule has 4 atom stereocenters. The Kier molecular flexibility index (Phi) is 9.51. The lowest BCUT2D eigenvalue weighted by Gasteiger charge is -2.26. The van der Waals surface area contributed by atoms with E-state index in [1.165, 1.54) is 6.92 Å². The maximum Gasteiger partial charge on any atom is 0.417 e. The van der Waals surface area contributed by atoms with Crippen LogP contribution in [-0.2, 0) is 25.5 Å². The van der Waals surface area contributed by atoms with Gasteiger partial charge in [-0.15, -0.1) is 0 Å². The van der Waals surface area contributed by atoms with Crippen LogP contribution < -0.4 is 0 Å². The van der Waals surface area contributed by atoms with Crippen molar-refractivity contribution in [3.05, 3.63) is 58.0 Å². The molecule has 35 heavy (non-hydrogen) atoms. The molecule has 1 aromatic carbocycles. The van der Waals surface area contributed by atoms with Gasteiger partial charge in [0.2, 0.25) is 5.91 Å². The summed E-state index contributed by atoms with van der Waals surface area (Å²) in [5.41, 5.74) is 0.798. The van der Waals surface area contributed by atoms with Crippen LogP contribution >= 0.6 is 15.9 Å². The quantitative estimate of drug-likeness (QED) is 0.292. The monoisotopic (exact) mass is 549 g/mol. The van der Waals surface area contributed by atoms with Crippen molar-refractivity contribution in [1.82, 2.24) is 4.90 Å². The van der Waals surface area contributed by atoms with Crippen LogP contribution in [0.2, 0.25) is 0 Å². The first-order valence-corrected chi connectivity index (χ1v) is 12.7. The van der Waals surface area contributed by atoms with Crippen LogP contribution in [0.3, 0.4) is 0 Å². The van der Waals surface area contributed by atoms with Crippen LogP contribution in [0.25, 0.3) is 0 Å². The summed E-state index contributed by atoms with van der Waals surface area (Å²) in [6.45, 7) is 4.81. The number of aryl methyl sites for hydroxylation is 1. The number of amides is 2. The predicted molar refractivity (Wildman–Crippen MR) is 131 cm³/mol. The average molecular weight is 550 g/mol. The lowest BCUT2D eigenvalue weighted by Crippen LogP contribution is -2.43. The Morgan fingerprint density at radius 2 is 1.86 bits per heavy atom. The first-order valence-electron chi connectivity index (χ1n) is 11.9. The minimum atomic E-state index is -1.00. The molecule has 1 saturated heterocycles. The van der Waals surface area contributed by atoms with Gasteiger partial charge in [-0.3, -0.25) is 9.59 Å². The second kappa shape index (κ2) is 12.4. The number of esters is 1. The summed E-state index contributed by atoms with van der Waals surface area (Å²) in [5.74, 6) is -0.937. The van der Waals surface area contributed by atoms with E-state index in [0.29, 0.717) is 17.9 Å². The Morgan fingerprint density at radius 3 is 2.51 bits per heavy atom. The van der Waals surface area contributed by atoms with Crippen molar-refractivity contribution in [3.63, 3.8) is 0 Å². The minimum Gasteiger partial charge on any atom is -0.461 e. The van der Waals surface area contributed by atoms with Gasteiger partial charge in [0.05, 0.1) is 16.4 Å². The zero-order valence-corrected chi connectivity index (χ0v) is 21.8. The van der Waals surface area contributed by atoms with Crippen LogP contribution in [0.4, 0.5) is 4.79 Å². The van der Waals surface area contributed by atoms with Crippen LogP contribution in [0.15, 0.2) is 45.3 Å². The first-order chi connectivity index (χ1) is 16.7. The molecule has 1 aliphatic rings. The van der Waals surface area contributed by atoms with E-state index in [1.807, 2.05) is 30.3 Å². The third kappa shape index (κ3) is 6.52. The zero-order valence-electron chi connectivity index (χ0n) is 20.2. The summed E-state index contributed by atoms with van der Waals surface area (Å²) in [4.78, 5) is 39.1. The van der Waals surface area contributed by atoms with Crippen LogP contribution in [-0.4, -0.2) is 40.6 Å². The summed E-state index contributed by atoms with van der Waals surface area (Å²) in [5, 5.41) is 8.92. The Hall–Kier alpha value is -2.65. The van der Waals surface area contributed by atoms with Gasteiger partial charge in [0.1, 0.15) is 17.6 Å². The number of hydrogen-bond acceptors (Lipinski definition) is 7. The van der Waals surface area contributed by atoms with Gasteiger partial charge < -0.3 is 19.0 Å². The standard InChI is InChI=1S/C26H32BrNO7/c1-16(25(31)28-17(2)24(35-26(28)32)19-11-7-6-8-12-19)23(33-18(3)30)22-15-20(27)21(34-22)13-9-4-5-10-14-29/h6-8,11-12,15-17,23-24,29H,4-5,9-10,13-14H2,1-3H3/t16-,17-,23-,24-/m1/s1. The second-order valence-electron chi connectivity index (χ2n) is 8.79. The fraction of sp³-hybridized carbons (Fsp3) is 0.500. The Bertz CT molecular complexity index is 1020. The number of hydrogen-bond donors (Lipinski definition) is 1. The highest BCUT2D eigenvalue weighted by atomic mass is 79.9. The average Bonchev–Trinajstić information content (AvgIpc) is 3.35. The SMILES string of the molecule is CC(=O)O[C@@H](c1cc(Br)c(CCCCCCO)o1)[C@@H](C)C(=O)N1C(=O)O[C@@H](c2ccccc2)[C@H]1C. The van der Waals surface area contributed by atoms with E-state index in [0.717, 1.165) is 40.6 Å². The number of rotatable bonds is 11. The van der Waals surface area contributed by atoms with Gasteiger partial charge in [0.15, 0.2) is 6.10 Å². The summed E-state index contributed by atoms with van der Waals surface area (Å²) in [6, 6.07) is 10.4. The first kappa shape index (κ1) is 26.9. The molecular weight excluding hydrogens is 518 g/mol. The third-order valence-electron chi connectivity index (χ3n) is 6.14.